The van der Waals surface area contributed by atoms with Gasteiger partial charge in [-0.05, 0) is 51.6 Å². The Kier molecular flexibility index (Phi) is 10.4. The zero-order chi connectivity index (χ0) is 31.9. The fourth-order valence-electron chi connectivity index (χ4n) is 5.17. The summed E-state index contributed by atoms with van der Waals surface area (Å²) in [6.07, 6.45) is 15.4. The Morgan fingerprint density at radius 1 is 1.27 bits per heavy atom. The van der Waals surface area contributed by atoms with Crippen LogP contribution in [0.2, 0.25) is 0 Å². The van der Waals surface area contributed by atoms with Crippen LogP contribution in [0.25, 0.3) is 11.0 Å². The number of thioether (sulfide) groups is 1. The van der Waals surface area contributed by atoms with Crippen LogP contribution >= 0.6 is 11.8 Å². The highest BCUT2D eigenvalue weighted by Gasteiger charge is 2.38. The smallest absolute Gasteiger partial charge is 0.173 e. The maximum absolute atomic E-state index is 15.6. The SMILES string of the molecule is C#CCC.C/C=N\N1C=CC(Oc2ccc(Nc3ncnc4cc(OC)c(N5CCN(C)CC6CC5S6)nc34)c(F)c2C)=CC1. The third-order valence-electron chi connectivity index (χ3n) is 7.62. The third kappa shape index (κ3) is 7.32. The molecule has 4 aliphatic heterocycles. The summed E-state index contributed by atoms with van der Waals surface area (Å²) in [6.45, 7) is 8.94. The van der Waals surface area contributed by atoms with Gasteiger partial charge in [-0.15, -0.1) is 24.1 Å². The molecule has 0 amide bonds. The van der Waals surface area contributed by atoms with Crippen molar-refractivity contribution in [2.45, 2.75) is 44.2 Å². The minimum Gasteiger partial charge on any atom is -0.493 e. The van der Waals surface area contributed by atoms with Gasteiger partial charge in [0.25, 0.3) is 0 Å². The molecule has 0 spiro atoms. The number of ether oxygens (including phenoxy) is 2. The highest BCUT2D eigenvalue weighted by atomic mass is 32.2. The molecule has 2 unspecified atom stereocenters. The number of hydrazone groups is 1. The normalized spacial score (nSPS) is 19.5. The second kappa shape index (κ2) is 14.6. The van der Waals surface area contributed by atoms with Crippen molar-refractivity contribution in [2.24, 2.45) is 5.10 Å². The van der Waals surface area contributed by atoms with Gasteiger partial charge in [0, 0.05) is 55.3 Å². The number of pyridine rings is 1. The van der Waals surface area contributed by atoms with Crippen molar-refractivity contribution in [3.63, 3.8) is 0 Å². The Hall–Kier alpha value is -4.34. The van der Waals surface area contributed by atoms with Crippen molar-refractivity contribution in [3.8, 4) is 23.8 Å². The average molecular weight is 631 g/mol. The number of likely N-dealkylation sites (N-methyl/N-ethyl adjacent to an activating group) is 1. The van der Waals surface area contributed by atoms with E-state index in [0.29, 0.717) is 56.8 Å². The molecule has 0 aliphatic carbocycles. The molecule has 45 heavy (non-hydrogen) atoms. The first-order chi connectivity index (χ1) is 21.8. The average Bonchev–Trinajstić information content (AvgIpc) is 3.02. The minimum atomic E-state index is -0.427. The number of aromatic nitrogens is 3. The van der Waals surface area contributed by atoms with E-state index in [4.69, 9.17) is 20.9 Å². The number of hydrogen-bond donors (Lipinski definition) is 1. The molecule has 3 fully saturated rings. The number of nitrogens with one attached hydrogen (secondary N) is 1. The predicted octanol–water partition coefficient (Wildman–Crippen LogP) is 5.94. The fourth-order valence-corrected chi connectivity index (χ4v) is 6.59. The first-order valence-electron chi connectivity index (χ1n) is 15.0. The van der Waals surface area contributed by atoms with Gasteiger partial charge in [-0.2, -0.15) is 5.10 Å². The molecule has 4 aliphatic rings. The van der Waals surface area contributed by atoms with Crippen LogP contribution in [0.1, 0.15) is 32.3 Å². The summed E-state index contributed by atoms with van der Waals surface area (Å²) in [5.41, 5.74) is 1.82. The molecular weight excluding hydrogens is 591 g/mol. The molecule has 2 aromatic heterocycles. The maximum Gasteiger partial charge on any atom is 0.173 e. The number of benzene rings is 1. The van der Waals surface area contributed by atoms with Gasteiger partial charge >= 0.3 is 0 Å². The maximum atomic E-state index is 15.6. The lowest BCUT2D eigenvalue weighted by molar-refractivity contribution is 0.306. The van der Waals surface area contributed by atoms with Crippen LogP contribution in [0.5, 0.6) is 11.5 Å². The van der Waals surface area contributed by atoms with E-state index in [1.807, 2.05) is 44.0 Å². The molecular formula is C33H39FN8O2S. The zero-order valence-corrected chi connectivity index (χ0v) is 27.1. The Morgan fingerprint density at radius 2 is 2.07 bits per heavy atom. The van der Waals surface area contributed by atoms with Crippen LogP contribution in [-0.4, -0.2) is 82.0 Å². The van der Waals surface area contributed by atoms with Gasteiger partial charge in [-0.1, -0.05) is 6.92 Å². The van der Waals surface area contributed by atoms with Gasteiger partial charge in [0.1, 0.15) is 23.4 Å². The van der Waals surface area contributed by atoms with Gasteiger partial charge in [0.2, 0.25) is 0 Å². The predicted molar refractivity (Wildman–Crippen MR) is 181 cm³/mol. The molecule has 1 aromatic carbocycles. The molecule has 6 heterocycles. The van der Waals surface area contributed by atoms with E-state index in [0.717, 1.165) is 38.3 Å². The van der Waals surface area contributed by atoms with E-state index in [2.05, 4.69) is 43.2 Å². The lowest BCUT2D eigenvalue weighted by Crippen LogP contribution is -2.52. The van der Waals surface area contributed by atoms with Gasteiger partial charge in [0.15, 0.2) is 23.2 Å². The molecule has 12 heteroatoms. The Labute approximate surface area is 268 Å². The molecule has 2 atom stereocenters. The highest BCUT2D eigenvalue weighted by molar-refractivity contribution is 8.02. The van der Waals surface area contributed by atoms with Gasteiger partial charge in [-0.25, -0.2) is 19.3 Å². The lowest BCUT2D eigenvalue weighted by atomic mass is 10.1. The number of terminal acetylenes is 1. The number of methoxy groups -OCH3 is 1. The third-order valence-corrected chi connectivity index (χ3v) is 9.11. The first kappa shape index (κ1) is 32.1. The second-order valence-corrected chi connectivity index (χ2v) is 12.2. The minimum absolute atomic E-state index is 0.274. The standard InChI is InChI=1S/C29H33FN8O2S.C4H6/c1-5-33-37-10-8-19(9-11-37)40-23-7-6-21(26(30)18(23)2)34-28-27-22(31-17-32-28)15-24(39-4)29(35-27)38-13-12-36(3)16-20-14-25(38)41-20;1-3-4-2/h5-10,15,17,20,25H,11-14,16H2,1-4H3,(H,31,32,34);1H,4H2,2H3/b33-5-;. The number of nitrogens with zero attached hydrogens (tertiary/aromatic N) is 7. The van der Waals surface area contributed by atoms with Crippen molar-refractivity contribution in [1.82, 2.24) is 24.9 Å². The highest BCUT2D eigenvalue weighted by Crippen LogP contribution is 2.44. The number of hydrogen-bond acceptors (Lipinski definition) is 11. The van der Waals surface area contributed by atoms with Crippen molar-refractivity contribution in [1.29, 1.82) is 0 Å². The van der Waals surface area contributed by atoms with Gasteiger partial charge in [-0.3, -0.25) is 5.01 Å². The fraction of sp³-hybridized carbons (Fsp3) is 0.394. The molecule has 2 bridgehead atoms. The van der Waals surface area contributed by atoms with Crippen LogP contribution < -0.4 is 19.7 Å². The van der Waals surface area contributed by atoms with Crippen molar-refractivity contribution >= 4 is 46.3 Å². The van der Waals surface area contributed by atoms with Crippen LogP contribution in [0, 0.1) is 25.1 Å². The number of rotatable bonds is 7. The number of halogens is 1. The van der Waals surface area contributed by atoms with E-state index in [-0.39, 0.29) is 5.69 Å². The Balaban J connectivity index is 0.000000945. The monoisotopic (exact) mass is 630 g/mol. The van der Waals surface area contributed by atoms with Crippen molar-refractivity contribution in [2.75, 3.05) is 50.6 Å². The summed E-state index contributed by atoms with van der Waals surface area (Å²) in [4.78, 5) is 18.5. The van der Waals surface area contributed by atoms with E-state index < -0.39 is 5.82 Å². The van der Waals surface area contributed by atoms with E-state index >= 15 is 4.39 Å². The Bertz CT molecular complexity index is 1650. The first-order valence-corrected chi connectivity index (χ1v) is 15.9. The second-order valence-electron chi connectivity index (χ2n) is 10.8. The number of fused-ring (bicyclic) bond motifs is 5. The number of allylic oxidation sites excluding steroid dienone is 1. The van der Waals surface area contributed by atoms with Crippen LogP contribution in [0.4, 0.5) is 21.7 Å². The molecule has 0 saturated carbocycles. The largest absolute Gasteiger partial charge is 0.493 e. The molecule has 0 radical (unpaired) electrons. The summed E-state index contributed by atoms with van der Waals surface area (Å²) in [5.74, 6) is 4.91. The zero-order valence-electron chi connectivity index (χ0n) is 26.3. The summed E-state index contributed by atoms with van der Waals surface area (Å²) in [7, 11) is 3.81. The molecule has 7 rings (SSSR count). The molecule has 1 N–H and O–H groups in total. The lowest BCUT2D eigenvalue weighted by Gasteiger charge is -2.47. The van der Waals surface area contributed by atoms with E-state index in [1.165, 1.54) is 6.33 Å². The summed E-state index contributed by atoms with van der Waals surface area (Å²) in [5, 5.41) is 10.1. The van der Waals surface area contributed by atoms with Crippen LogP contribution in [-0.2, 0) is 0 Å². The summed E-state index contributed by atoms with van der Waals surface area (Å²) >= 11 is 1.97. The van der Waals surface area contributed by atoms with Crippen molar-refractivity contribution < 1.29 is 13.9 Å². The summed E-state index contributed by atoms with van der Waals surface area (Å²) in [6, 6.07) is 5.28. The van der Waals surface area contributed by atoms with Crippen LogP contribution in [0.3, 0.4) is 0 Å². The van der Waals surface area contributed by atoms with E-state index in [9.17, 15) is 0 Å². The van der Waals surface area contributed by atoms with E-state index in [1.54, 1.807) is 43.5 Å². The molecule has 3 saturated heterocycles. The van der Waals surface area contributed by atoms with Crippen LogP contribution in [0.15, 0.2) is 53.7 Å². The summed E-state index contributed by atoms with van der Waals surface area (Å²) < 4.78 is 27.4. The van der Waals surface area contributed by atoms with Crippen molar-refractivity contribution in [3.05, 3.63) is 60.0 Å². The van der Waals surface area contributed by atoms with Gasteiger partial charge in [0.05, 0.1) is 30.2 Å². The molecule has 10 nitrogen and oxygen atoms in total. The molecule has 3 aromatic rings. The number of anilines is 3. The van der Waals surface area contributed by atoms with Gasteiger partial charge < -0.3 is 24.6 Å². The quantitative estimate of drug-likeness (QED) is 0.250. The topological polar surface area (TPSA) is 91.2 Å². The molecule has 236 valence electrons. The Morgan fingerprint density at radius 3 is 2.76 bits per heavy atom.